The molecule has 2 aromatic carbocycles. The van der Waals surface area contributed by atoms with E-state index in [1.807, 2.05) is 78.5 Å². The molecule has 0 radical (unpaired) electrons. The molecule has 112 valence electrons. The summed E-state index contributed by atoms with van der Waals surface area (Å²) in [4.78, 5) is 14.5. The van der Waals surface area contributed by atoms with Crippen LogP contribution in [-0.2, 0) is 7.05 Å². The fourth-order valence-electron chi connectivity index (χ4n) is 2.20. The molecule has 4 nitrogen and oxygen atoms in total. The summed E-state index contributed by atoms with van der Waals surface area (Å²) in [7, 11) is 1.89. The molecule has 0 saturated carbocycles. The van der Waals surface area contributed by atoms with Gasteiger partial charge in [0.2, 0.25) is 0 Å². The molecule has 0 spiro atoms. The maximum Gasteiger partial charge on any atom is 0.424 e. The lowest BCUT2D eigenvalue weighted by molar-refractivity contribution is -0.670. The number of rotatable bonds is 2. The van der Waals surface area contributed by atoms with Gasteiger partial charge in [0.15, 0.2) is 0 Å². The zero-order chi connectivity index (χ0) is 14.7. The molecule has 0 unspecified atom stereocenters. The van der Waals surface area contributed by atoms with Gasteiger partial charge >= 0.3 is 6.03 Å². The Kier molecular flexibility index (Phi) is 4.96. The predicted octanol–water partition coefficient (Wildman–Crippen LogP) is 0.123. The molecule has 0 aliphatic carbocycles. The summed E-state index contributed by atoms with van der Waals surface area (Å²) < 4.78 is 3.41. The van der Waals surface area contributed by atoms with E-state index in [4.69, 9.17) is 0 Å². The second-order valence-electron chi connectivity index (χ2n) is 4.78. The number of anilines is 2. The van der Waals surface area contributed by atoms with Crippen LogP contribution in [0.25, 0.3) is 0 Å². The van der Waals surface area contributed by atoms with E-state index >= 15 is 0 Å². The molecule has 1 aromatic heterocycles. The zero-order valence-corrected chi connectivity index (χ0v) is 12.9. The van der Waals surface area contributed by atoms with E-state index in [0.717, 1.165) is 11.4 Å². The van der Waals surface area contributed by atoms with E-state index in [1.54, 1.807) is 22.0 Å². The highest BCUT2D eigenvalue weighted by molar-refractivity contribution is 6.00. The molecule has 0 atom stereocenters. The number of benzene rings is 2. The van der Waals surface area contributed by atoms with Gasteiger partial charge in [0, 0.05) is 0 Å². The van der Waals surface area contributed by atoms with Crippen molar-refractivity contribution in [3.05, 3.63) is 79.4 Å². The molecular formula is C17H16ClN3O. The van der Waals surface area contributed by atoms with Gasteiger partial charge in [-0.15, -0.1) is 0 Å². The summed E-state index contributed by atoms with van der Waals surface area (Å²) in [5.74, 6) is 0. The molecule has 0 fully saturated rings. The number of hydrogen-bond acceptors (Lipinski definition) is 1. The number of halogens is 1. The number of imidazole rings is 1. The molecule has 1 amide bonds. The predicted molar refractivity (Wildman–Crippen MR) is 81.4 cm³/mol. The van der Waals surface area contributed by atoms with Crippen LogP contribution in [0, 0.1) is 0 Å². The summed E-state index contributed by atoms with van der Waals surface area (Å²) in [6.07, 6.45) is 5.34. The normalized spacial score (nSPS) is 9.86. The Morgan fingerprint density at radius 3 is 1.86 bits per heavy atom. The number of aromatic nitrogens is 2. The zero-order valence-electron chi connectivity index (χ0n) is 12.1. The van der Waals surface area contributed by atoms with Crippen molar-refractivity contribution < 1.29 is 21.8 Å². The second kappa shape index (κ2) is 6.91. The first-order chi connectivity index (χ1) is 10.3. The van der Waals surface area contributed by atoms with Crippen molar-refractivity contribution in [1.82, 2.24) is 4.57 Å². The first-order valence-corrected chi connectivity index (χ1v) is 6.73. The minimum atomic E-state index is -0.118. The van der Waals surface area contributed by atoms with Gasteiger partial charge < -0.3 is 12.4 Å². The maximum atomic E-state index is 12.8. The van der Waals surface area contributed by atoms with Gasteiger partial charge in [0.1, 0.15) is 12.4 Å². The highest BCUT2D eigenvalue weighted by Gasteiger charge is 2.23. The number of hydrogen-bond donors (Lipinski definition) is 0. The molecule has 3 rings (SSSR count). The van der Waals surface area contributed by atoms with Crippen LogP contribution in [-0.4, -0.2) is 10.6 Å². The van der Waals surface area contributed by atoms with Crippen molar-refractivity contribution in [2.75, 3.05) is 4.90 Å². The number of amides is 1. The first-order valence-electron chi connectivity index (χ1n) is 6.73. The second-order valence-corrected chi connectivity index (χ2v) is 4.78. The van der Waals surface area contributed by atoms with Gasteiger partial charge in [-0.05, 0) is 24.3 Å². The summed E-state index contributed by atoms with van der Waals surface area (Å²) in [6, 6.07) is 19.2. The van der Waals surface area contributed by atoms with E-state index in [1.165, 1.54) is 0 Å². The largest absolute Gasteiger partial charge is 1.00 e. The van der Waals surface area contributed by atoms with Gasteiger partial charge in [0.05, 0.1) is 18.4 Å². The third-order valence-corrected chi connectivity index (χ3v) is 3.21. The SMILES string of the molecule is C[n+]1ccn(C(=O)N(c2ccccc2)c2ccccc2)c1.[Cl-]. The minimum Gasteiger partial charge on any atom is -1.00 e. The Morgan fingerprint density at radius 2 is 1.45 bits per heavy atom. The van der Waals surface area contributed by atoms with Crippen molar-refractivity contribution >= 4 is 17.4 Å². The molecule has 0 aliphatic heterocycles. The van der Waals surface area contributed by atoms with Crippen molar-refractivity contribution in [3.8, 4) is 0 Å². The van der Waals surface area contributed by atoms with Crippen LogP contribution >= 0.6 is 0 Å². The monoisotopic (exact) mass is 313 g/mol. The Labute approximate surface area is 135 Å². The van der Waals surface area contributed by atoms with Crippen LogP contribution in [0.5, 0.6) is 0 Å². The quantitative estimate of drug-likeness (QED) is 0.618. The highest BCUT2D eigenvalue weighted by Crippen LogP contribution is 2.25. The molecule has 0 saturated heterocycles. The van der Waals surface area contributed by atoms with Gasteiger partial charge in [-0.1, -0.05) is 36.4 Å². The molecule has 0 N–H and O–H groups in total. The standard InChI is InChI=1S/C17H16N3O.ClH/c1-18-12-13-19(14-18)17(21)20(15-8-4-2-5-9-15)16-10-6-3-7-11-16;/h2-14H,1H3;1H/q+1;/p-1. The Balaban J connectivity index is 0.00000176. The molecule has 3 aromatic rings. The van der Waals surface area contributed by atoms with Crippen molar-refractivity contribution in [3.63, 3.8) is 0 Å². The molecule has 22 heavy (non-hydrogen) atoms. The van der Waals surface area contributed by atoms with Gasteiger partial charge in [0.25, 0.3) is 6.33 Å². The van der Waals surface area contributed by atoms with E-state index in [2.05, 4.69) is 0 Å². The van der Waals surface area contributed by atoms with Gasteiger partial charge in [-0.2, -0.15) is 4.57 Å². The summed E-state index contributed by atoms with van der Waals surface area (Å²) in [5.41, 5.74) is 1.68. The number of para-hydroxylation sites is 2. The lowest BCUT2D eigenvalue weighted by atomic mass is 10.2. The van der Waals surface area contributed by atoms with Crippen LogP contribution in [0.3, 0.4) is 0 Å². The van der Waals surface area contributed by atoms with Crippen LogP contribution < -0.4 is 21.9 Å². The lowest BCUT2D eigenvalue weighted by Crippen LogP contribution is -3.00. The molecule has 1 heterocycles. The van der Waals surface area contributed by atoms with E-state index in [9.17, 15) is 4.79 Å². The van der Waals surface area contributed by atoms with Gasteiger partial charge in [-0.3, -0.25) is 0 Å². The van der Waals surface area contributed by atoms with E-state index < -0.39 is 0 Å². The fourth-order valence-corrected chi connectivity index (χ4v) is 2.20. The van der Waals surface area contributed by atoms with Crippen LogP contribution in [0.4, 0.5) is 16.2 Å². The number of aryl methyl sites for hydroxylation is 1. The van der Waals surface area contributed by atoms with Crippen molar-refractivity contribution in [1.29, 1.82) is 0 Å². The number of carbonyl (C=O) groups excluding carboxylic acids is 1. The van der Waals surface area contributed by atoms with E-state index in [-0.39, 0.29) is 18.4 Å². The third-order valence-electron chi connectivity index (χ3n) is 3.21. The Morgan fingerprint density at radius 1 is 0.955 bits per heavy atom. The summed E-state index contributed by atoms with van der Waals surface area (Å²) in [5, 5.41) is 0. The summed E-state index contributed by atoms with van der Waals surface area (Å²) >= 11 is 0. The first kappa shape index (κ1) is 15.8. The topological polar surface area (TPSA) is 29.1 Å². The average molecular weight is 314 g/mol. The third kappa shape index (κ3) is 3.18. The number of nitrogens with zero attached hydrogens (tertiary/aromatic N) is 3. The fraction of sp³-hybridized carbons (Fsp3) is 0.0588. The Bertz CT molecular complexity index is 701. The molecule has 5 heteroatoms. The molecule has 0 bridgehead atoms. The Hall–Kier alpha value is -2.59. The van der Waals surface area contributed by atoms with Crippen LogP contribution in [0.2, 0.25) is 0 Å². The molecule has 0 aliphatic rings. The maximum absolute atomic E-state index is 12.8. The van der Waals surface area contributed by atoms with Crippen molar-refractivity contribution in [2.45, 2.75) is 0 Å². The van der Waals surface area contributed by atoms with E-state index in [0.29, 0.717) is 0 Å². The smallest absolute Gasteiger partial charge is 0.424 e. The number of carbonyl (C=O) groups is 1. The minimum absolute atomic E-state index is 0. The average Bonchev–Trinajstić information content (AvgIpc) is 2.96. The highest BCUT2D eigenvalue weighted by atomic mass is 35.5. The van der Waals surface area contributed by atoms with Crippen LogP contribution in [0.15, 0.2) is 79.4 Å². The van der Waals surface area contributed by atoms with Gasteiger partial charge in [-0.25, -0.2) is 14.3 Å². The van der Waals surface area contributed by atoms with Crippen molar-refractivity contribution in [2.24, 2.45) is 7.05 Å². The molecular weight excluding hydrogens is 298 g/mol. The summed E-state index contributed by atoms with van der Waals surface area (Å²) in [6.45, 7) is 0. The lowest BCUT2D eigenvalue weighted by Gasteiger charge is -2.20. The van der Waals surface area contributed by atoms with Crippen LogP contribution in [0.1, 0.15) is 0 Å².